The Kier molecular flexibility index (Phi) is 2.82. The second kappa shape index (κ2) is 4.96. The monoisotopic (exact) mass is 291 g/mol. The number of aromatic amines is 1. The molecule has 2 N–H and O–H groups in total. The first-order valence-electron chi connectivity index (χ1n) is 6.80. The molecule has 0 atom stereocenters. The van der Waals surface area contributed by atoms with Gasteiger partial charge in [-0.2, -0.15) is 5.10 Å². The van der Waals surface area contributed by atoms with Crippen LogP contribution in [0.3, 0.4) is 0 Å². The molecule has 3 aromatic heterocycles. The molecule has 4 rings (SSSR count). The van der Waals surface area contributed by atoms with Gasteiger partial charge in [-0.1, -0.05) is 6.07 Å². The van der Waals surface area contributed by atoms with E-state index in [9.17, 15) is 0 Å². The number of hydrogen-bond donors (Lipinski definition) is 2. The van der Waals surface area contributed by atoms with Crippen LogP contribution in [-0.2, 0) is 7.05 Å². The lowest BCUT2D eigenvalue weighted by Gasteiger charge is -2.05. The first-order valence-corrected chi connectivity index (χ1v) is 6.80. The van der Waals surface area contributed by atoms with Gasteiger partial charge in [0.15, 0.2) is 0 Å². The van der Waals surface area contributed by atoms with Crippen LogP contribution in [0, 0.1) is 0 Å². The van der Waals surface area contributed by atoms with Crippen molar-refractivity contribution in [2.45, 2.75) is 0 Å². The van der Waals surface area contributed by atoms with Gasteiger partial charge in [-0.3, -0.25) is 4.68 Å². The molecule has 0 bridgehead atoms. The third-order valence-electron chi connectivity index (χ3n) is 3.33. The zero-order valence-electron chi connectivity index (χ0n) is 11.9. The number of aryl methyl sites for hydroxylation is 1. The van der Waals surface area contributed by atoms with Gasteiger partial charge in [0.1, 0.15) is 0 Å². The highest BCUT2D eigenvalue weighted by molar-refractivity contribution is 5.80. The van der Waals surface area contributed by atoms with Crippen LogP contribution in [0.1, 0.15) is 0 Å². The number of rotatable bonds is 3. The number of nitrogens with zero attached hydrogens (tertiary/aromatic N) is 5. The lowest BCUT2D eigenvalue weighted by Crippen LogP contribution is -1.97. The Hall–Kier alpha value is -3.22. The summed E-state index contributed by atoms with van der Waals surface area (Å²) in [5.41, 5.74) is 4.61. The molecule has 0 unspecified atom stereocenters. The first kappa shape index (κ1) is 12.5. The minimum atomic E-state index is 0.535. The molecule has 4 aromatic rings. The quantitative estimate of drug-likeness (QED) is 0.606. The number of aromatic nitrogens is 6. The van der Waals surface area contributed by atoms with Gasteiger partial charge in [-0.15, -0.1) is 0 Å². The molecule has 0 saturated heterocycles. The summed E-state index contributed by atoms with van der Waals surface area (Å²) in [5.74, 6) is 0.535. The second-order valence-corrected chi connectivity index (χ2v) is 4.93. The molecule has 1 aromatic carbocycles. The Bertz CT molecular complexity index is 938. The van der Waals surface area contributed by atoms with Crippen molar-refractivity contribution in [2.75, 3.05) is 5.32 Å². The van der Waals surface area contributed by atoms with Crippen LogP contribution in [-0.4, -0.2) is 29.7 Å². The fourth-order valence-electron chi connectivity index (χ4n) is 2.29. The summed E-state index contributed by atoms with van der Waals surface area (Å²) >= 11 is 0. The SMILES string of the molecule is Cn1cc(Nc2nccc(-c3ccc4[nH]cnc4c3)n2)cn1. The lowest BCUT2D eigenvalue weighted by atomic mass is 10.1. The number of nitrogens with one attached hydrogen (secondary N) is 2. The van der Waals surface area contributed by atoms with Crippen molar-refractivity contribution in [1.82, 2.24) is 29.7 Å². The molecule has 0 radical (unpaired) electrons. The van der Waals surface area contributed by atoms with E-state index in [0.717, 1.165) is 28.0 Å². The molecule has 0 saturated carbocycles. The van der Waals surface area contributed by atoms with Crippen LogP contribution in [0.4, 0.5) is 11.6 Å². The maximum absolute atomic E-state index is 4.54. The van der Waals surface area contributed by atoms with E-state index in [1.165, 1.54) is 0 Å². The Morgan fingerprint density at radius 2 is 2.14 bits per heavy atom. The molecule has 0 aliphatic heterocycles. The Labute approximate surface area is 126 Å². The largest absolute Gasteiger partial charge is 0.345 e. The highest BCUT2D eigenvalue weighted by Gasteiger charge is 2.05. The van der Waals surface area contributed by atoms with Gasteiger partial charge < -0.3 is 10.3 Å². The maximum Gasteiger partial charge on any atom is 0.227 e. The van der Waals surface area contributed by atoms with Crippen LogP contribution in [0.5, 0.6) is 0 Å². The summed E-state index contributed by atoms with van der Waals surface area (Å²) < 4.78 is 1.72. The highest BCUT2D eigenvalue weighted by Crippen LogP contribution is 2.22. The van der Waals surface area contributed by atoms with E-state index in [0.29, 0.717) is 5.95 Å². The lowest BCUT2D eigenvalue weighted by molar-refractivity contribution is 0.768. The summed E-state index contributed by atoms with van der Waals surface area (Å²) in [6.07, 6.45) is 7.01. The van der Waals surface area contributed by atoms with E-state index >= 15 is 0 Å². The summed E-state index contributed by atoms with van der Waals surface area (Å²) in [5, 5.41) is 7.25. The first-order chi connectivity index (χ1) is 10.8. The van der Waals surface area contributed by atoms with E-state index in [4.69, 9.17) is 0 Å². The smallest absolute Gasteiger partial charge is 0.227 e. The second-order valence-electron chi connectivity index (χ2n) is 4.93. The number of anilines is 2. The standard InChI is InChI=1S/C15H13N7/c1-22-8-11(7-19-22)20-15-16-5-4-12(21-15)10-2-3-13-14(6-10)18-9-17-13/h2-9H,1H3,(H,17,18)(H,16,20,21). The molecule has 7 heteroatoms. The van der Waals surface area contributed by atoms with Crippen molar-refractivity contribution in [3.63, 3.8) is 0 Å². The number of H-pyrrole nitrogens is 1. The molecule has 0 aliphatic rings. The summed E-state index contributed by atoms with van der Waals surface area (Å²) in [6, 6.07) is 7.88. The molecular weight excluding hydrogens is 278 g/mol. The van der Waals surface area contributed by atoms with E-state index in [-0.39, 0.29) is 0 Å². The van der Waals surface area contributed by atoms with Gasteiger partial charge in [-0.05, 0) is 18.2 Å². The van der Waals surface area contributed by atoms with Gasteiger partial charge in [0.2, 0.25) is 5.95 Å². The van der Waals surface area contributed by atoms with Crippen LogP contribution in [0.2, 0.25) is 0 Å². The third-order valence-corrected chi connectivity index (χ3v) is 3.33. The zero-order valence-corrected chi connectivity index (χ0v) is 11.9. The van der Waals surface area contributed by atoms with Crippen LogP contribution in [0.25, 0.3) is 22.3 Å². The molecule has 22 heavy (non-hydrogen) atoms. The highest BCUT2D eigenvalue weighted by atomic mass is 15.3. The summed E-state index contributed by atoms with van der Waals surface area (Å²) in [4.78, 5) is 16.1. The average Bonchev–Trinajstić information content (AvgIpc) is 3.15. The third kappa shape index (κ3) is 2.28. The van der Waals surface area contributed by atoms with Crippen molar-refractivity contribution in [3.8, 4) is 11.3 Å². The topological polar surface area (TPSA) is 84.3 Å². The Morgan fingerprint density at radius 1 is 1.18 bits per heavy atom. The van der Waals surface area contributed by atoms with Gasteiger partial charge in [-0.25, -0.2) is 15.0 Å². The molecule has 0 amide bonds. The Morgan fingerprint density at radius 3 is 3.00 bits per heavy atom. The molecule has 0 fully saturated rings. The molecule has 0 aliphatic carbocycles. The van der Waals surface area contributed by atoms with Gasteiger partial charge in [0.25, 0.3) is 0 Å². The number of benzene rings is 1. The van der Waals surface area contributed by atoms with Crippen molar-refractivity contribution < 1.29 is 0 Å². The molecule has 108 valence electrons. The minimum absolute atomic E-state index is 0.535. The van der Waals surface area contributed by atoms with E-state index < -0.39 is 0 Å². The van der Waals surface area contributed by atoms with Crippen molar-refractivity contribution in [2.24, 2.45) is 7.05 Å². The van der Waals surface area contributed by atoms with Crippen LogP contribution >= 0.6 is 0 Å². The maximum atomic E-state index is 4.54. The van der Waals surface area contributed by atoms with Crippen molar-refractivity contribution in [3.05, 3.63) is 49.2 Å². The average molecular weight is 291 g/mol. The molecule has 0 spiro atoms. The fourth-order valence-corrected chi connectivity index (χ4v) is 2.29. The fraction of sp³-hybridized carbons (Fsp3) is 0.0667. The summed E-state index contributed by atoms with van der Waals surface area (Å²) in [6.45, 7) is 0. The predicted molar refractivity (Wildman–Crippen MR) is 83.6 cm³/mol. The molecule has 7 nitrogen and oxygen atoms in total. The zero-order chi connectivity index (χ0) is 14.9. The van der Waals surface area contributed by atoms with Crippen molar-refractivity contribution in [1.29, 1.82) is 0 Å². The van der Waals surface area contributed by atoms with Gasteiger partial charge in [0.05, 0.1) is 34.9 Å². The van der Waals surface area contributed by atoms with Gasteiger partial charge in [0, 0.05) is 25.0 Å². The van der Waals surface area contributed by atoms with Crippen LogP contribution < -0.4 is 5.32 Å². The van der Waals surface area contributed by atoms with E-state index in [1.807, 2.05) is 37.5 Å². The van der Waals surface area contributed by atoms with E-state index in [2.05, 4.69) is 30.4 Å². The predicted octanol–water partition coefficient (Wildman–Crippen LogP) is 2.50. The van der Waals surface area contributed by atoms with Crippen molar-refractivity contribution >= 4 is 22.7 Å². The number of hydrogen-bond acceptors (Lipinski definition) is 5. The number of fused-ring (bicyclic) bond motifs is 1. The van der Waals surface area contributed by atoms with Crippen LogP contribution in [0.15, 0.2) is 49.2 Å². The Balaban J connectivity index is 1.68. The molecule has 3 heterocycles. The minimum Gasteiger partial charge on any atom is -0.345 e. The summed E-state index contributed by atoms with van der Waals surface area (Å²) in [7, 11) is 1.86. The normalized spacial score (nSPS) is 11.0. The van der Waals surface area contributed by atoms with E-state index in [1.54, 1.807) is 23.4 Å². The number of imidazole rings is 1. The van der Waals surface area contributed by atoms with Gasteiger partial charge >= 0.3 is 0 Å². The molecular formula is C15H13N7.